The van der Waals surface area contributed by atoms with E-state index in [-0.39, 0.29) is 0 Å². The molecule has 1 aliphatic rings. The third-order valence-electron chi connectivity index (χ3n) is 1.96. The highest BCUT2D eigenvalue weighted by molar-refractivity contribution is 7.80. The quantitative estimate of drug-likeness (QED) is 0.630. The fourth-order valence-electron chi connectivity index (χ4n) is 1.24. The Bertz CT molecular complexity index is 149. The van der Waals surface area contributed by atoms with Crippen molar-refractivity contribution in [2.45, 2.75) is 25.3 Å². The van der Waals surface area contributed by atoms with Gasteiger partial charge in [-0.1, -0.05) is 0 Å². The average Bonchev–Trinajstić information content (AvgIpc) is 2.80. The van der Waals surface area contributed by atoms with Gasteiger partial charge < -0.3 is 0 Å². The minimum Gasteiger partial charge on any atom is -0.299 e. The summed E-state index contributed by atoms with van der Waals surface area (Å²) in [6.45, 7) is 1.97. The molecule has 1 aliphatic carbocycles. The van der Waals surface area contributed by atoms with Crippen molar-refractivity contribution in [2.24, 2.45) is 0 Å². The van der Waals surface area contributed by atoms with Gasteiger partial charge in [0.25, 0.3) is 0 Å². The van der Waals surface area contributed by atoms with Crippen molar-refractivity contribution >= 4 is 12.6 Å². The second-order valence-electron chi connectivity index (χ2n) is 2.90. The SMILES string of the molecule is N#CCCN(CCS)C1CC1. The third kappa shape index (κ3) is 3.13. The van der Waals surface area contributed by atoms with Crippen LogP contribution in [-0.4, -0.2) is 29.8 Å². The Morgan fingerprint density at radius 2 is 2.18 bits per heavy atom. The Hall–Kier alpha value is -0.200. The van der Waals surface area contributed by atoms with E-state index in [2.05, 4.69) is 23.6 Å². The van der Waals surface area contributed by atoms with Crippen LogP contribution in [0.4, 0.5) is 0 Å². The van der Waals surface area contributed by atoms with E-state index in [1.807, 2.05) is 0 Å². The Labute approximate surface area is 73.6 Å². The van der Waals surface area contributed by atoms with Gasteiger partial charge in [-0.25, -0.2) is 0 Å². The van der Waals surface area contributed by atoms with Gasteiger partial charge in [-0.05, 0) is 12.8 Å². The molecule has 2 nitrogen and oxygen atoms in total. The van der Waals surface area contributed by atoms with Crippen LogP contribution < -0.4 is 0 Å². The lowest BCUT2D eigenvalue weighted by Crippen LogP contribution is -2.28. The first-order valence-electron chi connectivity index (χ1n) is 4.10. The molecule has 0 atom stereocenters. The van der Waals surface area contributed by atoms with Crippen LogP contribution in [-0.2, 0) is 0 Å². The monoisotopic (exact) mass is 170 g/mol. The molecule has 1 rings (SSSR count). The minimum absolute atomic E-state index is 0.657. The highest BCUT2D eigenvalue weighted by Crippen LogP contribution is 2.26. The van der Waals surface area contributed by atoms with Crippen LogP contribution in [0, 0.1) is 11.3 Å². The number of hydrogen-bond acceptors (Lipinski definition) is 3. The molecule has 62 valence electrons. The summed E-state index contributed by atoms with van der Waals surface area (Å²) in [5.74, 6) is 0.905. The molecule has 11 heavy (non-hydrogen) atoms. The summed E-state index contributed by atoms with van der Waals surface area (Å²) >= 11 is 4.18. The van der Waals surface area contributed by atoms with Gasteiger partial charge in [0.15, 0.2) is 0 Å². The van der Waals surface area contributed by atoms with Gasteiger partial charge in [0.05, 0.1) is 6.07 Å². The van der Waals surface area contributed by atoms with E-state index in [9.17, 15) is 0 Å². The zero-order valence-corrected chi connectivity index (χ0v) is 7.56. The maximum absolute atomic E-state index is 8.39. The van der Waals surface area contributed by atoms with Gasteiger partial charge in [0, 0.05) is 31.3 Å². The highest BCUT2D eigenvalue weighted by Gasteiger charge is 2.27. The van der Waals surface area contributed by atoms with Crippen molar-refractivity contribution in [3.05, 3.63) is 0 Å². The fraction of sp³-hybridized carbons (Fsp3) is 0.875. The molecule has 0 aromatic carbocycles. The van der Waals surface area contributed by atoms with Crippen LogP contribution in [0.2, 0.25) is 0 Å². The van der Waals surface area contributed by atoms with Crippen LogP contribution in [0.25, 0.3) is 0 Å². The number of thiol groups is 1. The summed E-state index contributed by atoms with van der Waals surface area (Å²) in [7, 11) is 0. The van der Waals surface area contributed by atoms with E-state index in [1.54, 1.807) is 0 Å². The zero-order valence-electron chi connectivity index (χ0n) is 6.66. The van der Waals surface area contributed by atoms with Crippen molar-refractivity contribution in [2.75, 3.05) is 18.8 Å². The van der Waals surface area contributed by atoms with Gasteiger partial charge in [-0.15, -0.1) is 0 Å². The lowest BCUT2D eigenvalue weighted by molar-refractivity contribution is 0.287. The molecule has 0 amide bonds. The molecule has 0 aromatic rings. The molecule has 0 heterocycles. The summed E-state index contributed by atoms with van der Waals surface area (Å²) in [6.07, 6.45) is 3.29. The van der Waals surface area contributed by atoms with Crippen LogP contribution in [0.3, 0.4) is 0 Å². The van der Waals surface area contributed by atoms with Crippen molar-refractivity contribution in [3.63, 3.8) is 0 Å². The largest absolute Gasteiger partial charge is 0.299 e. The summed E-state index contributed by atoms with van der Waals surface area (Å²) in [6, 6.07) is 2.95. The van der Waals surface area contributed by atoms with E-state index < -0.39 is 0 Å². The molecule has 0 aromatic heterocycles. The number of rotatable bonds is 5. The normalized spacial score (nSPS) is 16.8. The number of hydrogen-bond donors (Lipinski definition) is 1. The highest BCUT2D eigenvalue weighted by atomic mass is 32.1. The van der Waals surface area contributed by atoms with Crippen LogP contribution in [0.5, 0.6) is 0 Å². The maximum atomic E-state index is 8.39. The van der Waals surface area contributed by atoms with E-state index in [1.165, 1.54) is 12.8 Å². The summed E-state index contributed by atoms with van der Waals surface area (Å²) in [5.41, 5.74) is 0. The number of nitrogens with zero attached hydrogens (tertiary/aromatic N) is 2. The van der Waals surface area contributed by atoms with Gasteiger partial charge in [0.1, 0.15) is 0 Å². The fourth-order valence-corrected chi connectivity index (χ4v) is 1.50. The predicted molar refractivity (Wildman–Crippen MR) is 48.7 cm³/mol. The van der Waals surface area contributed by atoms with Gasteiger partial charge >= 0.3 is 0 Å². The Morgan fingerprint density at radius 1 is 1.45 bits per heavy atom. The van der Waals surface area contributed by atoms with E-state index in [0.29, 0.717) is 6.42 Å². The average molecular weight is 170 g/mol. The molecule has 0 saturated heterocycles. The first-order valence-corrected chi connectivity index (χ1v) is 4.73. The minimum atomic E-state index is 0.657. The summed E-state index contributed by atoms with van der Waals surface area (Å²) in [5, 5.41) is 8.39. The van der Waals surface area contributed by atoms with E-state index >= 15 is 0 Å². The molecule has 0 N–H and O–H groups in total. The molecule has 1 fully saturated rings. The van der Waals surface area contributed by atoms with Crippen LogP contribution >= 0.6 is 12.6 Å². The lowest BCUT2D eigenvalue weighted by atomic mass is 10.4. The molecule has 3 heteroatoms. The Balaban J connectivity index is 2.16. The molecular weight excluding hydrogens is 156 g/mol. The summed E-state index contributed by atoms with van der Waals surface area (Å²) in [4.78, 5) is 2.37. The van der Waals surface area contributed by atoms with E-state index in [4.69, 9.17) is 5.26 Å². The third-order valence-corrected chi connectivity index (χ3v) is 2.16. The van der Waals surface area contributed by atoms with Gasteiger partial charge in [-0.3, -0.25) is 4.90 Å². The molecule has 0 aliphatic heterocycles. The number of nitriles is 1. The first kappa shape index (κ1) is 8.89. The molecule has 0 spiro atoms. The Morgan fingerprint density at radius 3 is 2.64 bits per heavy atom. The first-order chi connectivity index (χ1) is 5.38. The van der Waals surface area contributed by atoms with Crippen LogP contribution in [0.15, 0.2) is 0 Å². The smallest absolute Gasteiger partial charge is 0.0635 e. The lowest BCUT2D eigenvalue weighted by Gasteiger charge is -2.18. The zero-order chi connectivity index (χ0) is 8.10. The van der Waals surface area contributed by atoms with Gasteiger partial charge in [0.2, 0.25) is 0 Å². The standard InChI is InChI=1S/C8H14N2S/c9-4-1-5-10(6-7-11)8-2-3-8/h8,11H,1-3,5-7H2. The topological polar surface area (TPSA) is 27.0 Å². The van der Waals surface area contributed by atoms with E-state index in [0.717, 1.165) is 24.9 Å². The molecule has 1 saturated carbocycles. The predicted octanol–water partition coefficient (Wildman–Crippen LogP) is 1.29. The van der Waals surface area contributed by atoms with Crippen molar-refractivity contribution in [1.82, 2.24) is 4.90 Å². The van der Waals surface area contributed by atoms with Crippen molar-refractivity contribution in [1.29, 1.82) is 5.26 Å². The summed E-state index contributed by atoms with van der Waals surface area (Å²) < 4.78 is 0. The van der Waals surface area contributed by atoms with Gasteiger partial charge in [-0.2, -0.15) is 17.9 Å². The van der Waals surface area contributed by atoms with Crippen molar-refractivity contribution < 1.29 is 0 Å². The van der Waals surface area contributed by atoms with Crippen molar-refractivity contribution in [3.8, 4) is 6.07 Å². The molecule has 0 radical (unpaired) electrons. The second kappa shape index (κ2) is 4.63. The molecule has 0 bridgehead atoms. The maximum Gasteiger partial charge on any atom is 0.0635 e. The second-order valence-corrected chi connectivity index (χ2v) is 3.35. The van der Waals surface area contributed by atoms with Crippen LogP contribution in [0.1, 0.15) is 19.3 Å². The molecular formula is C8H14N2S. The molecule has 0 unspecified atom stereocenters. The Kier molecular flexibility index (Phi) is 3.74.